The molecule has 3 aromatic carbocycles. The number of benzene rings is 3. The molecule has 4 rings (SSSR count). The molecule has 0 radical (unpaired) electrons. The van der Waals surface area contributed by atoms with Crippen LogP contribution in [-0.2, 0) is 10.0 Å². The molecule has 0 atom stereocenters. The number of nitrogens with zero attached hydrogens (tertiary/aromatic N) is 1. The smallest absolute Gasteiger partial charge is 0.261 e. The second kappa shape index (κ2) is 7.96. The number of carbonyl (C=O) groups excluding carboxylic acids is 1. The molecule has 0 aromatic heterocycles. The van der Waals surface area contributed by atoms with E-state index in [2.05, 4.69) is 4.72 Å². The van der Waals surface area contributed by atoms with Gasteiger partial charge in [-0.15, -0.1) is 0 Å². The van der Waals surface area contributed by atoms with E-state index >= 15 is 0 Å². The van der Waals surface area contributed by atoms with Gasteiger partial charge in [-0.05, 0) is 67.9 Å². The minimum Gasteiger partial charge on any atom is -0.494 e. The number of amides is 1. The molecule has 0 saturated heterocycles. The average molecular weight is 439 g/mol. The van der Waals surface area contributed by atoms with Crippen LogP contribution in [0, 0.1) is 6.92 Å². The summed E-state index contributed by atoms with van der Waals surface area (Å²) in [7, 11) is -2.21. The second-order valence-corrected chi connectivity index (χ2v) is 8.79. The molecule has 1 N–H and O–H groups in total. The molecule has 1 heterocycles. The van der Waals surface area contributed by atoms with Gasteiger partial charge in [-0.2, -0.15) is 0 Å². The SMILES string of the molecule is CCOc1ccc(S(=O)(=O)Nc2ccc3c(c2)C(=O)N(C)c2ccccc2O3)cc1C. The summed E-state index contributed by atoms with van der Waals surface area (Å²) in [6.07, 6.45) is 0. The van der Waals surface area contributed by atoms with Crippen LogP contribution in [0.3, 0.4) is 0 Å². The summed E-state index contributed by atoms with van der Waals surface area (Å²) in [6.45, 7) is 4.15. The van der Waals surface area contributed by atoms with Gasteiger partial charge in [0.05, 0.1) is 22.8 Å². The van der Waals surface area contributed by atoms with Crippen molar-refractivity contribution in [1.82, 2.24) is 0 Å². The van der Waals surface area contributed by atoms with E-state index in [-0.39, 0.29) is 22.1 Å². The van der Waals surface area contributed by atoms with Crippen molar-refractivity contribution >= 4 is 27.3 Å². The van der Waals surface area contributed by atoms with E-state index in [1.807, 2.05) is 19.1 Å². The monoisotopic (exact) mass is 438 g/mol. The Bertz CT molecular complexity index is 1270. The van der Waals surface area contributed by atoms with Crippen LogP contribution >= 0.6 is 0 Å². The molecule has 1 aliphatic rings. The Kier molecular flexibility index (Phi) is 5.32. The number of para-hydroxylation sites is 2. The van der Waals surface area contributed by atoms with Gasteiger partial charge in [0, 0.05) is 12.7 Å². The van der Waals surface area contributed by atoms with Gasteiger partial charge in [0.25, 0.3) is 15.9 Å². The lowest BCUT2D eigenvalue weighted by molar-refractivity contribution is 0.0993. The lowest BCUT2D eigenvalue weighted by Gasteiger charge is -2.16. The Labute approximate surface area is 181 Å². The molecular formula is C23H22N2O5S. The van der Waals surface area contributed by atoms with E-state index in [0.717, 1.165) is 5.56 Å². The number of carbonyl (C=O) groups is 1. The van der Waals surface area contributed by atoms with Gasteiger partial charge in [0.1, 0.15) is 11.5 Å². The summed E-state index contributed by atoms with van der Waals surface area (Å²) in [5, 5.41) is 0. The van der Waals surface area contributed by atoms with Crippen LogP contribution in [0.15, 0.2) is 65.6 Å². The molecule has 3 aromatic rings. The van der Waals surface area contributed by atoms with E-state index in [4.69, 9.17) is 9.47 Å². The number of nitrogens with one attached hydrogen (secondary N) is 1. The average Bonchev–Trinajstić information content (AvgIpc) is 2.85. The third kappa shape index (κ3) is 3.94. The van der Waals surface area contributed by atoms with Crippen molar-refractivity contribution < 1.29 is 22.7 Å². The molecule has 1 amide bonds. The van der Waals surface area contributed by atoms with Gasteiger partial charge >= 0.3 is 0 Å². The lowest BCUT2D eigenvalue weighted by atomic mass is 10.1. The van der Waals surface area contributed by atoms with Crippen LogP contribution in [0.5, 0.6) is 17.2 Å². The number of hydrogen-bond donors (Lipinski definition) is 1. The first-order chi connectivity index (χ1) is 14.8. The highest BCUT2D eigenvalue weighted by Crippen LogP contribution is 2.39. The van der Waals surface area contributed by atoms with Crippen molar-refractivity contribution in [1.29, 1.82) is 0 Å². The Hall–Kier alpha value is -3.52. The summed E-state index contributed by atoms with van der Waals surface area (Å²) < 4.78 is 39.7. The first-order valence-electron chi connectivity index (χ1n) is 9.75. The van der Waals surface area contributed by atoms with Crippen molar-refractivity contribution in [2.45, 2.75) is 18.7 Å². The van der Waals surface area contributed by atoms with Gasteiger partial charge in [0.2, 0.25) is 0 Å². The first kappa shape index (κ1) is 20.7. The number of ether oxygens (including phenoxy) is 2. The van der Waals surface area contributed by atoms with Crippen LogP contribution in [0.25, 0.3) is 0 Å². The van der Waals surface area contributed by atoms with Crippen molar-refractivity contribution in [2.75, 3.05) is 23.3 Å². The molecule has 31 heavy (non-hydrogen) atoms. The number of fused-ring (bicyclic) bond motifs is 2. The minimum absolute atomic E-state index is 0.107. The van der Waals surface area contributed by atoms with Crippen LogP contribution in [0.4, 0.5) is 11.4 Å². The van der Waals surface area contributed by atoms with E-state index in [9.17, 15) is 13.2 Å². The Morgan fingerprint density at radius 3 is 2.55 bits per heavy atom. The topological polar surface area (TPSA) is 84.9 Å². The Morgan fingerprint density at radius 2 is 1.81 bits per heavy atom. The van der Waals surface area contributed by atoms with Gasteiger partial charge < -0.3 is 14.4 Å². The number of rotatable bonds is 5. The predicted molar refractivity (Wildman–Crippen MR) is 119 cm³/mol. The maximum absolute atomic E-state index is 13.0. The highest BCUT2D eigenvalue weighted by atomic mass is 32.2. The fourth-order valence-corrected chi connectivity index (χ4v) is 4.53. The quantitative estimate of drug-likeness (QED) is 0.630. The van der Waals surface area contributed by atoms with Gasteiger partial charge in [-0.25, -0.2) is 8.42 Å². The van der Waals surface area contributed by atoms with E-state index < -0.39 is 10.0 Å². The predicted octanol–water partition coefficient (Wildman–Crippen LogP) is 4.58. The molecule has 0 spiro atoms. The fourth-order valence-electron chi connectivity index (χ4n) is 3.40. The van der Waals surface area contributed by atoms with Crippen LogP contribution in [-0.4, -0.2) is 28.0 Å². The minimum atomic E-state index is -3.86. The van der Waals surface area contributed by atoms with Crippen LogP contribution in [0.1, 0.15) is 22.8 Å². The Balaban J connectivity index is 1.66. The zero-order chi connectivity index (χ0) is 22.2. The second-order valence-electron chi connectivity index (χ2n) is 7.11. The summed E-state index contributed by atoms with van der Waals surface area (Å²) in [6, 6.07) is 16.5. The maximum Gasteiger partial charge on any atom is 0.261 e. The fraction of sp³-hybridized carbons (Fsp3) is 0.174. The highest BCUT2D eigenvalue weighted by molar-refractivity contribution is 7.92. The van der Waals surface area contributed by atoms with Crippen molar-refractivity contribution in [3.63, 3.8) is 0 Å². The van der Waals surface area contributed by atoms with E-state index in [1.165, 1.54) is 17.0 Å². The molecule has 0 saturated carbocycles. The summed E-state index contributed by atoms with van der Waals surface area (Å²) in [4.78, 5) is 14.6. The summed E-state index contributed by atoms with van der Waals surface area (Å²) in [5.41, 5.74) is 1.88. The van der Waals surface area contributed by atoms with Crippen molar-refractivity contribution in [3.8, 4) is 17.2 Å². The van der Waals surface area contributed by atoms with Crippen molar-refractivity contribution in [3.05, 3.63) is 71.8 Å². The molecule has 0 fully saturated rings. The van der Waals surface area contributed by atoms with Crippen LogP contribution in [0.2, 0.25) is 0 Å². The van der Waals surface area contributed by atoms with Gasteiger partial charge in [0.15, 0.2) is 5.75 Å². The lowest BCUT2D eigenvalue weighted by Crippen LogP contribution is -2.25. The first-order valence-corrected chi connectivity index (χ1v) is 11.2. The number of sulfonamides is 1. The molecule has 1 aliphatic heterocycles. The zero-order valence-corrected chi connectivity index (χ0v) is 18.2. The van der Waals surface area contributed by atoms with Gasteiger partial charge in [-0.1, -0.05) is 12.1 Å². The molecule has 8 heteroatoms. The third-order valence-electron chi connectivity index (χ3n) is 4.97. The van der Waals surface area contributed by atoms with Crippen LogP contribution < -0.4 is 19.1 Å². The third-order valence-corrected chi connectivity index (χ3v) is 6.35. The molecule has 7 nitrogen and oxygen atoms in total. The molecule has 0 unspecified atom stereocenters. The van der Waals surface area contributed by atoms with Gasteiger partial charge in [-0.3, -0.25) is 9.52 Å². The zero-order valence-electron chi connectivity index (χ0n) is 17.4. The van der Waals surface area contributed by atoms with E-state index in [0.29, 0.717) is 29.5 Å². The Morgan fingerprint density at radius 1 is 1.03 bits per heavy atom. The molecule has 0 aliphatic carbocycles. The number of anilines is 2. The van der Waals surface area contributed by atoms with Crippen molar-refractivity contribution in [2.24, 2.45) is 0 Å². The standard InChI is InChI=1S/C23H22N2O5S/c1-4-29-20-12-10-17(13-15(20)2)31(27,28)24-16-9-11-21-18(14-16)23(26)25(3)19-7-5-6-8-22(19)30-21/h5-14,24H,4H2,1-3H3. The largest absolute Gasteiger partial charge is 0.494 e. The molecular weight excluding hydrogens is 416 g/mol. The molecule has 160 valence electrons. The van der Waals surface area contributed by atoms with E-state index in [1.54, 1.807) is 50.4 Å². The highest BCUT2D eigenvalue weighted by Gasteiger charge is 2.26. The normalized spacial score (nSPS) is 13.0. The number of aryl methyl sites for hydroxylation is 1. The maximum atomic E-state index is 13.0. The number of hydrogen-bond acceptors (Lipinski definition) is 5. The summed E-state index contributed by atoms with van der Waals surface area (Å²) in [5.74, 6) is 1.26. The summed E-state index contributed by atoms with van der Waals surface area (Å²) >= 11 is 0. The molecule has 0 bridgehead atoms.